The maximum absolute atomic E-state index is 11.4. The van der Waals surface area contributed by atoms with Crippen LogP contribution in [0.4, 0.5) is 17.1 Å². The molecule has 110 valence electrons. The molecule has 1 amide bonds. The highest BCUT2D eigenvalue weighted by molar-refractivity contribution is 5.95. The predicted molar refractivity (Wildman–Crippen MR) is 81.0 cm³/mol. The minimum absolute atomic E-state index is 0.0531. The zero-order valence-corrected chi connectivity index (χ0v) is 11.9. The zero-order chi connectivity index (χ0) is 14.8. The number of rotatable bonds is 4. The summed E-state index contributed by atoms with van der Waals surface area (Å²) in [5, 5.41) is 14.0. The topological polar surface area (TPSA) is 97.9 Å². The Labute approximate surface area is 122 Å². The van der Waals surface area contributed by atoms with E-state index in [4.69, 9.17) is 5.73 Å². The molecule has 0 unspecified atom stereocenters. The molecule has 4 N–H and O–H groups in total. The molecule has 0 saturated carbocycles. The second-order valence-electron chi connectivity index (χ2n) is 5.18. The number of nitrogens with two attached hydrogens (primary N) is 1. The van der Waals surface area contributed by atoms with Crippen LogP contribution in [0.2, 0.25) is 0 Å². The molecule has 0 spiro atoms. The summed E-state index contributed by atoms with van der Waals surface area (Å²) in [4.78, 5) is 11.4. The number of hydrogen-bond donors (Lipinski definition) is 3. The van der Waals surface area contributed by atoms with Crippen molar-refractivity contribution in [2.75, 3.05) is 22.9 Å². The molecule has 1 aromatic carbocycles. The van der Waals surface area contributed by atoms with Gasteiger partial charge in [0.2, 0.25) is 5.91 Å². The van der Waals surface area contributed by atoms with Crippen LogP contribution in [0.15, 0.2) is 18.5 Å². The molecule has 0 fully saturated rings. The van der Waals surface area contributed by atoms with Gasteiger partial charge in [-0.1, -0.05) is 0 Å². The van der Waals surface area contributed by atoms with Gasteiger partial charge in [0.05, 0.1) is 11.4 Å². The Hall–Kier alpha value is -2.57. The summed E-state index contributed by atoms with van der Waals surface area (Å²) in [7, 11) is 1.91. The minimum atomic E-state index is 0.0531. The third kappa shape index (κ3) is 2.81. The number of nitrogens with zero attached hydrogens (tertiary/aromatic N) is 3. The highest BCUT2D eigenvalue weighted by Gasteiger charge is 2.16. The van der Waals surface area contributed by atoms with E-state index in [-0.39, 0.29) is 5.91 Å². The smallest absolute Gasteiger partial charge is 0.224 e. The summed E-state index contributed by atoms with van der Waals surface area (Å²) >= 11 is 0. The zero-order valence-electron chi connectivity index (χ0n) is 11.9. The number of amides is 1. The van der Waals surface area contributed by atoms with Gasteiger partial charge in [-0.15, -0.1) is 10.2 Å². The average Bonchev–Trinajstić information content (AvgIpc) is 2.85. The number of benzene rings is 1. The quantitative estimate of drug-likeness (QED) is 0.727. The maximum atomic E-state index is 11.4. The van der Waals surface area contributed by atoms with Crippen LogP contribution >= 0.6 is 0 Å². The van der Waals surface area contributed by atoms with Crippen molar-refractivity contribution >= 4 is 23.0 Å². The van der Waals surface area contributed by atoms with Crippen molar-refractivity contribution in [1.82, 2.24) is 14.8 Å². The molecule has 0 saturated heterocycles. The standard InChI is InChI=1S/C14H18N6O/c1-20-8-17-19-13(20)4-5-16-12-7-11-9(6-10(12)15)2-3-14(21)18-11/h6-8,16H,2-5,15H2,1H3,(H,18,21). The number of carbonyl (C=O) groups is 1. The second kappa shape index (κ2) is 5.43. The lowest BCUT2D eigenvalue weighted by molar-refractivity contribution is -0.116. The molecule has 0 aliphatic carbocycles. The van der Waals surface area contributed by atoms with E-state index in [0.717, 1.165) is 35.6 Å². The first-order valence-corrected chi connectivity index (χ1v) is 6.92. The molecular weight excluding hydrogens is 268 g/mol. The Morgan fingerprint density at radius 1 is 1.43 bits per heavy atom. The molecule has 1 aliphatic rings. The van der Waals surface area contributed by atoms with Crippen LogP contribution in [0.3, 0.4) is 0 Å². The third-order valence-corrected chi connectivity index (χ3v) is 3.64. The molecule has 2 heterocycles. The first-order valence-electron chi connectivity index (χ1n) is 6.92. The Kier molecular flexibility index (Phi) is 3.47. The largest absolute Gasteiger partial charge is 0.397 e. The van der Waals surface area contributed by atoms with Crippen LogP contribution < -0.4 is 16.4 Å². The fourth-order valence-electron chi connectivity index (χ4n) is 2.44. The van der Waals surface area contributed by atoms with Crippen LogP contribution in [-0.2, 0) is 24.7 Å². The second-order valence-corrected chi connectivity index (χ2v) is 5.18. The van der Waals surface area contributed by atoms with Crippen molar-refractivity contribution in [2.24, 2.45) is 7.05 Å². The predicted octanol–water partition coefficient (Wildman–Crippen LogP) is 0.937. The van der Waals surface area contributed by atoms with Crippen LogP contribution in [0.1, 0.15) is 17.8 Å². The van der Waals surface area contributed by atoms with Crippen molar-refractivity contribution < 1.29 is 4.79 Å². The summed E-state index contributed by atoms with van der Waals surface area (Å²) in [6, 6.07) is 3.83. The number of nitrogen functional groups attached to an aromatic ring is 1. The summed E-state index contributed by atoms with van der Waals surface area (Å²) in [6.45, 7) is 0.698. The van der Waals surface area contributed by atoms with Crippen molar-refractivity contribution in [3.05, 3.63) is 29.8 Å². The molecule has 21 heavy (non-hydrogen) atoms. The number of anilines is 3. The lowest BCUT2D eigenvalue weighted by atomic mass is 10.0. The monoisotopic (exact) mass is 286 g/mol. The van der Waals surface area contributed by atoms with Gasteiger partial charge in [0.25, 0.3) is 0 Å². The number of aryl methyl sites for hydroxylation is 2. The Balaban J connectivity index is 1.69. The molecule has 0 bridgehead atoms. The third-order valence-electron chi connectivity index (χ3n) is 3.64. The van der Waals surface area contributed by atoms with Crippen molar-refractivity contribution in [3.63, 3.8) is 0 Å². The Morgan fingerprint density at radius 3 is 3.05 bits per heavy atom. The minimum Gasteiger partial charge on any atom is -0.397 e. The molecule has 7 nitrogen and oxygen atoms in total. The van der Waals surface area contributed by atoms with Gasteiger partial charge >= 0.3 is 0 Å². The number of aromatic nitrogens is 3. The first-order chi connectivity index (χ1) is 10.1. The van der Waals surface area contributed by atoms with Gasteiger partial charge in [0, 0.05) is 32.1 Å². The SMILES string of the molecule is Cn1cnnc1CCNc1cc2c(cc1N)CCC(=O)N2. The molecule has 2 aromatic rings. The van der Waals surface area contributed by atoms with Gasteiger partial charge in [-0.3, -0.25) is 4.79 Å². The van der Waals surface area contributed by atoms with E-state index in [2.05, 4.69) is 20.8 Å². The van der Waals surface area contributed by atoms with Gasteiger partial charge in [0.15, 0.2) is 0 Å². The first kappa shape index (κ1) is 13.4. The average molecular weight is 286 g/mol. The van der Waals surface area contributed by atoms with E-state index in [1.165, 1.54) is 0 Å². The summed E-state index contributed by atoms with van der Waals surface area (Å²) in [5.74, 6) is 0.963. The number of fused-ring (bicyclic) bond motifs is 1. The van der Waals surface area contributed by atoms with Crippen LogP contribution in [0.5, 0.6) is 0 Å². The van der Waals surface area contributed by atoms with Crippen molar-refractivity contribution in [1.29, 1.82) is 0 Å². The molecule has 0 atom stereocenters. The molecule has 0 radical (unpaired) electrons. The van der Waals surface area contributed by atoms with Gasteiger partial charge in [-0.25, -0.2) is 0 Å². The molecular formula is C14H18N6O. The number of carbonyl (C=O) groups excluding carboxylic acids is 1. The maximum Gasteiger partial charge on any atom is 0.224 e. The molecule has 7 heteroatoms. The van der Waals surface area contributed by atoms with E-state index in [9.17, 15) is 4.79 Å². The Bertz CT molecular complexity index is 678. The summed E-state index contributed by atoms with van der Waals surface area (Å²) in [5.41, 5.74) is 9.53. The Morgan fingerprint density at radius 2 is 2.29 bits per heavy atom. The van der Waals surface area contributed by atoms with E-state index < -0.39 is 0 Å². The fourth-order valence-corrected chi connectivity index (χ4v) is 2.44. The van der Waals surface area contributed by atoms with Crippen molar-refractivity contribution in [2.45, 2.75) is 19.3 Å². The van der Waals surface area contributed by atoms with Gasteiger partial charge in [-0.2, -0.15) is 0 Å². The lowest BCUT2D eigenvalue weighted by Gasteiger charge is -2.19. The van der Waals surface area contributed by atoms with E-state index in [1.807, 2.05) is 23.7 Å². The fraction of sp³-hybridized carbons (Fsp3) is 0.357. The van der Waals surface area contributed by atoms with Gasteiger partial charge in [0.1, 0.15) is 12.2 Å². The number of hydrogen-bond acceptors (Lipinski definition) is 5. The normalized spacial score (nSPS) is 13.7. The van der Waals surface area contributed by atoms with Gasteiger partial charge in [-0.05, 0) is 24.1 Å². The lowest BCUT2D eigenvalue weighted by Crippen LogP contribution is -2.19. The van der Waals surface area contributed by atoms with Crippen LogP contribution in [-0.4, -0.2) is 27.2 Å². The van der Waals surface area contributed by atoms with Crippen molar-refractivity contribution in [3.8, 4) is 0 Å². The van der Waals surface area contributed by atoms with Crippen LogP contribution in [0.25, 0.3) is 0 Å². The summed E-state index contributed by atoms with van der Waals surface area (Å²) < 4.78 is 1.89. The highest BCUT2D eigenvalue weighted by atomic mass is 16.1. The molecule has 1 aromatic heterocycles. The molecule has 1 aliphatic heterocycles. The van der Waals surface area contributed by atoms with Gasteiger partial charge < -0.3 is 20.9 Å². The van der Waals surface area contributed by atoms with E-state index in [0.29, 0.717) is 18.7 Å². The van der Waals surface area contributed by atoms with Crippen LogP contribution in [0, 0.1) is 0 Å². The number of nitrogens with one attached hydrogen (secondary N) is 2. The highest BCUT2D eigenvalue weighted by Crippen LogP contribution is 2.30. The van der Waals surface area contributed by atoms with E-state index >= 15 is 0 Å². The van der Waals surface area contributed by atoms with E-state index in [1.54, 1.807) is 6.33 Å². The summed E-state index contributed by atoms with van der Waals surface area (Å²) in [6.07, 6.45) is 3.69. The molecule has 3 rings (SSSR count).